The molecule has 0 aliphatic carbocycles. The lowest BCUT2D eigenvalue weighted by Crippen LogP contribution is -2.23. The van der Waals surface area contributed by atoms with Crippen LogP contribution in [0.2, 0.25) is 15.1 Å². The van der Waals surface area contributed by atoms with Crippen LogP contribution < -0.4 is 4.74 Å². The summed E-state index contributed by atoms with van der Waals surface area (Å²) in [5, 5.41) is 1.79. The summed E-state index contributed by atoms with van der Waals surface area (Å²) in [4.78, 5) is 12.3. The van der Waals surface area contributed by atoms with Gasteiger partial charge >= 0.3 is 0 Å². The fraction of sp³-hybridized carbons (Fsp3) is 0.136. The number of ketones is 1. The Balaban J connectivity index is 1.91. The number of benzene rings is 3. The van der Waals surface area contributed by atoms with Gasteiger partial charge in [-0.2, -0.15) is 0 Å². The molecule has 0 fully saturated rings. The maximum absolute atomic E-state index is 12.3. The van der Waals surface area contributed by atoms with Crippen LogP contribution >= 0.6 is 46.6 Å². The third-order valence-corrected chi connectivity index (χ3v) is 6.24. The molecule has 0 radical (unpaired) electrons. The number of carbonyl (C=O) groups is 1. The molecule has 0 spiro atoms. The van der Waals surface area contributed by atoms with Crippen molar-refractivity contribution < 1.29 is 9.53 Å². The zero-order valence-electron chi connectivity index (χ0n) is 14.9. The molecule has 28 heavy (non-hydrogen) atoms. The molecule has 0 aromatic heterocycles. The van der Waals surface area contributed by atoms with Crippen LogP contribution in [-0.4, -0.2) is 11.2 Å². The zero-order chi connectivity index (χ0) is 20.1. The predicted molar refractivity (Wildman–Crippen MR) is 119 cm³/mol. The average molecular weight is 452 g/mol. The number of thioether (sulfide) groups is 1. The third kappa shape index (κ3) is 5.68. The SMILES string of the molecule is CC(=O)C(Oc1ccc(Cl)cc1)SC(c1ccc(Cl)cc1)c1ccc(Cl)cc1. The van der Waals surface area contributed by atoms with Crippen LogP contribution in [0, 0.1) is 0 Å². The summed E-state index contributed by atoms with van der Waals surface area (Å²) < 4.78 is 5.95. The van der Waals surface area contributed by atoms with Crippen LogP contribution in [0.1, 0.15) is 23.3 Å². The number of hydrogen-bond acceptors (Lipinski definition) is 3. The van der Waals surface area contributed by atoms with Gasteiger partial charge in [-0.1, -0.05) is 70.8 Å². The maximum atomic E-state index is 12.3. The van der Waals surface area contributed by atoms with Gasteiger partial charge in [0.25, 0.3) is 0 Å². The van der Waals surface area contributed by atoms with Gasteiger partial charge in [0.2, 0.25) is 5.44 Å². The molecule has 6 heteroatoms. The normalized spacial score (nSPS) is 12.0. The minimum Gasteiger partial charge on any atom is -0.472 e. The number of Topliss-reactive ketones (excluding diaryl/α,β-unsaturated/α-hetero) is 1. The molecule has 3 rings (SSSR count). The first kappa shape index (κ1) is 21.1. The van der Waals surface area contributed by atoms with Crippen LogP contribution in [-0.2, 0) is 4.79 Å². The van der Waals surface area contributed by atoms with E-state index in [4.69, 9.17) is 39.5 Å². The van der Waals surface area contributed by atoms with Crippen molar-refractivity contribution in [3.63, 3.8) is 0 Å². The molecule has 3 aromatic carbocycles. The Bertz CT molecular complexity index is 880. The topological polar surface area (TPSA) is 26.3 Å². The van der Waals surface area contributed by atoms with Crippen molar-refractivity contribution in [1.82, 2.24) is 0 Å². The van der Waals surface area contributed by atoms with Gasteiger partial charge in [-0.05, 0) is 66.6 Å². The fourth-order valence-electron chi connectivity index (χ4n) is 2.59. The Kier molecular flexibility index (Phi) is 7.30. The van der Waals surface area contributed by atoms with Crippen molar-refractivity contribution >= 4 is 52.3 Å². The number of halogens is 3. The van der Waals surface area contributed by atoms with Crippen molar-refractivity contribution in [3.05, 3.63) is 99.0 Å². The molecule has 0 saturated heterocycles. The predicted octanol–water partition coefficient (Wildman–Crippen LogP) is 7.46. The van der Waals surface area contributed by atoms with E-state index in [1.54, 1.807) is 24.3 Å². The second-order valence-corrected chi connectivity index (χ2v) is 8.61. The summed E-state index contributed by atoms with van der Waals surface area (Å²) in [5.41, 5.74) is 1.35. The molecular weight excluding hydrogens is 435 g/mol. The van der Waals surface area contributed by atoms with E-state index >= 15 is 0 Å². The summed E-state index contributed by atoms with van der Waals surface area (Å²) in [7, 11) is 0. The van der Waals surface area contributed by atoms with Crippen molar-refractivity contribution in [1.29, 1.82) is 0 Å². The van der Waals surface area contributed by atoms with E-state index in [9.17, 15) is 4.79 Å². The number of rotatable bonds is 7. The Morgan fingerprint density at radius 3 is 1.54 bits per heavy atom. The number of hydrogen-bond donors (Lipinski definition) is 0. The Labute approximate surface area is 183 Å². The lowest BCUT2D eigenvalue weighted by molar-refractivity contribution is -0.120. The Hall–Kier alpha value is -1.65. The number of ether oxygens (including phenoxy) is 1. The van der Waals surface area contributed by atoms with Crippen LogP contribution in [0.25, 0.3) is 0 Å². The van der Waals surface area contributed by atoms with E-state index in [0.29, 0.717) is 20.8 Å². The average Bonchev–Trinajstić information content (AvgIpc) is 2.68. The molecule has 0 saturated carbocycles. The highest BCUT2D eigenvalue weighted by molar-refractivity contribution is 8.00. The summed E-state index contributed by atoms with van der Waals surface area (Å²) in [6.07, 6.45) is 0. The molecule has 0 aliphatic heterocycles. The zero-order valence-corrected chi connectivity index (χ0v) is 18.0. The third-order valence-electron chi connectivity index (χ3n) is 3.99. The largest absolute Gasteiger partial charge is 0.472 e. The minimum atomic E-state index is -0.683. The molecule has 0 aliphatic rings. The molecular formula is C22H17Cl3O2S. The molecule has 0 heterocycles. The van der Waals surface area contributed by atoms with Crippen LogP contribution in [0.3, 0.4) is 0 Å². The van der Waals surface area contributed by atoms with E-state index in [-0.39, 0.29) is 11.0 Å². The minimum absolute atomic E-state index is 0.0760. The molecule has 1 unspecified atom stereocenters. The van der Waals surface area contributed by atoms with Gasteiger partial charge in [-0.25, -0.2) is 0 Å². The van der Waals surface area contributed by atoms with Gasteiger partial charge in [0, 0.05) is 15.1 Å². The Morgan fingerprint density at radius 1 is 0.750 bits per heavy atom. The van der Waals surface area contributed by atoms with Crippen LogP contribution in [0.4, 0.5) is 0 Å². The van der Waals surface area contributed by atoms with Gasteiger partial charge in [0.15, 0.2) is 5.78 Å². The van der Waals surface area contributed by atoms with Gasteiger partial charge in [-0.15, -0.1) is 0 Å². The fourth-order valence-corrected chi connectivity index (χ4v) is 4.20. The Morgan fingerprint density at radius 2 is 1.14 bits per heavy atom. The van der Waals surface area contributed by atoms with E-state index in [2.05, 4.69) is 0 Å². The lowest BCUT2D eigenvalue weighted by atomic mass is 10.0. The highest BCUT2D eigenvalue weighted by Crippen LogP contribution is 2.40. The van der Waals surface area contributed by atoms with Crippen LogP contribution in [0.15, 0.2) is 72.8 Å². The lowest BCUT2D eigenvalue weighted by Gasteiger charge is -2.23. The first-order valence-electron chi connectivity index (χ1n) is 8.51. The summed E-state index contributed by atoms with van der Waals surface area (Å²) >= 11 is 19.4. The standard InChI is InChI=1S/C22H17Cl3O2S/c1-14(26)22(27-20-12-10-19(25)11-13-20)28-21(15-2-6-17(23)7-3-15)16-4-8-18(24)9-5-16/h2-13,21-22H,1H3. The molecule has 144 valence electrons. The van der Waals surface area contributed by atoms with E-state index in [0.717, 1.165) is 11.1 Å². The van der Waals surface area contributed by atoms with Gasteiger partial charge in [0.05, 0.1) is 5.25 Å². The summed E-state index contributed by atoms with van der Waals surface area (Å²) in [6, 6.07) is 22.1. The number of carbonyl (C=O) groups excluding carboxylic acids is 1. The summed E-state index contributed by atoms with van der Waals surface area (Å²) in [6.45, 7) is 1.52. The highest BCUT2D eigenvalue weighted by atomic mass is 35.5. The molecule has 2 nitrogen and oxygen atoms in total. The van der Waals surface area contributed by atoms with Crippen molar-refractivity contribution in [2.45, 2.75) is 17.6 Å². The monoisotopic (exact) mass is 450 g/mol. The second-order valence-electron chi connectivity index (χ2n) is 6.13. The first-order valence-corrected chi connectivity index (χ1v) is 10.6. The molecule has 0 N–H and O–H groups in total. The molecule has 1 atom stereocenters. The van der Waals surface area contributed by atoms with Gasteiger partial charge in [0.1, 0.15) is 5.75 Å². The van der Waals surface area contributed by atoms with E-state index < -0.39 is 5.44 Å². The molecule has 0 bridgehead atoms. The molecule has 3 aromatic rings. The maximum Gasteiger partial charge on any atom is 0.203 e. The quantitative estimate of drug-likeness (QED) is 0.349. The van der Waals surface area contributed by atoms with Crippen molar-refractivity contribution in [2.75, 3.05) is 0 Å². The van der Waals surface area contributed by atoms with E-state index in [1.807, 2.05) is 48.5 Å². The molecule has 0 amide bonds. The van der Waals surface area contributed by atoms with Crippen LogP contribution in [0.5, 0.6) is 5.75 Å². The highest BCUT2D eigenvalue weighted by Gasteiger charge is 2.25. The second kappa shape index (κ2) is 9.71. The van der Waals surface area contributed by atoms with Crippen molar-refractivity contribution in [2.24, 2.45) is 0 Å². The van der Waals surface area contributed by atoms with Gasteiger partial charge < -0.3 is 4.74 Å². The first-order chi connectivity index (χ1) is 13.4. The van der Waals surface area contributed by atoms with E-state index in [1.165, 1.54) is 18.7 Å². The smallest absolute Gasteiger partial charge is 0.203 e. The van der Waals surface area contributed by atoms with Crippen molar-refractivity contribution in [3.8, 4) is 5.75 Å². The summed E-state index contributed by atoms with van der Waals surface area (Å²) in [5.74, 6) is 0.510. The van der Waals surface area contributed by atoms with Gasteiger partial charge in [-0.3, -0.25) is 4.79 Å².